The number of hydrogen-bond donors (Lipinski definition) is 6. The number of quaternary nitrogens is 1. The number of aryl methyl sites for hydroxylation is 1. The largest absolute Gasteiger partial charge is 0.504 e. The van der Waals surface area contributed by atoms with Crippen molar-refractivity contribution in [2.75, 3.05) is 19.8 Å². The SMILES string of the molecule is CCCC(O)CC(O)CC(=O)CCc1ccc(O)c(OC[NH+]2C=C3C(Cc4cccc5c4CCNC5N)=CN=C3C2)c1. The number of allylic oxidation sites excluding steroid dienone is 1. The monoisotopic (exact) mass is 575 g/mol. The first-order valence-corrected chi connectivity index (χ1v) is 15.1. The molecule has 0 saturated carbocycles. The molecule has 0 spiro atoms. The highest BCUT2D eigenvalue weighted by Gasteiger charge is 2.31. The molecule has 3 aliphatic rings. The number of benzene rings is 2. The van der Waals surface area contributed by atoms with E-state index in [1.165, 1.54) is 22.3 Å². The molecule has 0 fully saturated rings. The highest BCUT2D eigenvalue weighted by molar-refractivity contribution is 6.08. The molecular formula is C33H43N4O5+. The number of aliphatic imine (C=N–C) groups is 1. The molecule has 3 aliphatic heterocycles. The van der Waals surface area contributed by atoms with Crippen LogP contribution in [0.5, 0.6) is 11.5 Å². The number of carbonyl (C=O) groups is 1. The summed E-state index contributed by atoms with van der Waals surface area (Å²) in [5, 5.41) is 33.7. The molecule has 5 rings (SSSR count). The maximum Gasteiger partial charge on any atom is 0.227 e. The van der Waals surface area contributed by atoms with Gasteiger partial charge in [0.05, 0.1) is 23.9 Å². The quantitative estimate of drug-likeness (QED) is 0.202. The lowest BCUT2D eigenvalue weighted by Gasteiger charge is -2.26. The summed E-state index contributed by atoms with van der Waals surface area (Å²) >= 11 is 0. The fraction of sp³-hybridized carbons (Fsp3) is 0.455. The Labute approximate surface area is 247 Å². The van der Waals surface area contributed by atoms with Gasteiger partial charge in [-0.05, 0) is 65.6 Å². The number of ether oxygens (including phenoxy) is 1. The van der Waals surface area contributed by atoms with Crippen molar-refractivity contribution in [3.63, 3.8) is 0 Å². The molecule has 0 radical (unpaired) electrons. The molecule has 0 saturated heterocycles. The van der Waals surface area contributed by atoms with Crippen molar-refractivity contribution in [3.05, 3.63) is 82.2 Å². The fourth-order valence-electron chi connectivity index (χ4n) is 6.08. The molecule has 0 amide bonds. The molecule has 0 aliphatic carbocycles. The van der Waals surface area contributed by atoms with Crippen LogP contribution in [0.25, 0.3) is 0 Å². The Bertz CT molecular complexity index is 1380. The number of ketones is 1. The van der Waals surface area contributed by atoms with Crippen LogP contribution in [-0.2, 0) is 24.1 Å². The molecule has 9 heteroatoms. The fourth-order valence-corrected chi connectivity index (χ4v) is 6.08. The highest BCUT2D eigenvalue weighted by atomic mass is 16.5. The van der Waals surface area contributed by atoms with Gasteiger partial charge in [-0.15, -0.1) is 0 Å². The Balaban J connectivity index is 1.14. The predicted octanol–water partition coefficient (Wildman–Crippen LogP) is 2.00. The third-order valence-corrected chi connectivity index (χ3v) is 8.30. The van der Waals surface area contributed by atoms with Crippen LogP contribution in [0.2, 0.25) is 0 Å². The Kier molecular flexibility index (Phi) is 9.87. The minimum atomic E-state index is -0.830. The van der Waals surface area contributed by atoms with E-state index in [0.29, 0.717) is 31.9 Å². The van der Waals surface area contributed by atoms with Gasteiger partial charge in [-0.1, -0.05) is 37.6 Å². The van der Waals surface area contributed by atoms with Crippen LogP contribution in [0, 0.1) is 0 Å². The number of nitrogens with one attached hydrogen (secondary N) is 2. The van der Waals surface area contributed by atoms with Gasteiger partial charge in [0.15, 0.2) is 11.5 Å². The van der Waals surface area contributed by atoms with Crippen molar-refractivity contribution < 1.29 is 29.8 Å². The molecule has 0 bridgehead atoms. The normalized spacial score (nSPS) is 20.7. The Hall–Kier alpha value is -3.34. The molecule has 0 aromatic heterocycles. The lowest BCUT2D eigenvalue weighted by molar-refractivity contribution is -0.851. The Morgan fingerprint density at radius 1 is 1.24 bits per heavy atom. The first-order chi connectivity index (χ1) is 20.3. The average Bonchev–Trinajstić information content (AvgIpc) is 3.53. The van der Waals surface area contributed by atoms with Crippen LogP contribution in [0.15, 0.2) is 64.9 Å². The van der Waals surface area contributed by atoms with Crippen molar-refractivity contribution in [2.45, 2.75) is 76.7 Å². The summed E-state index contributed by atoms with van der Waals surface area (Å²) < 4.78 is 6.02. The molecule has 2 aromatic carbocycles. The van der Waals surface area contributed by atoms with Crippen LogP contribution in [-0.4, -0.2) is 58.8 Å². The number of phenols is 1. The van der Waals surface area contributed by atoms with Crippen LogP contribution >= 0.6 is 0 Å². The lowest BCUT2D eigenvalue weighted by atomic mass is 9.89. The van der Waals surface area contributed by atoms with E-state index in [9.17, 15) is 20.1 Å². The summed E-state index contributed by atoms with van der Waals surface area (Å²) in [5.41, 5.74) is 14.3. The smallest absolute Gasteiger partial charge is 0.227 e. The van der Waals surface area contributed by atoms with Gasteiger partial charge in [-0.2, -0.15) is 0 Å². The van der Waals surface area contributed by atoms with E-state index in [4.69, 9.17) is 10.5 Å². The predicted molar refractivity (Wildman–Crippen MR) is 161 cm³/mol. The zero-order valence-electron chi connectivity index (χ0n) is 24.3. The molecular weight excluding hydrogens is 532 g/mol. The van der Waals surface area contributed by atoms with Crippen LogP contribution in [0.4, 0.5) is 0 Å². The van der Waals surface area contributed by atoms with Crippen LogP contribution in [0.1, 0.15) is 67.4 Å². The maximum atomic E-state index is 12.4. The van der Waals surface area contributed by atoms with Gasteiger partial charge in [0.2, 0.25) is 6.73 Å². The summed E-state index contributed by atoms with van der Waals surface area (Å²) in [6, 6.07) is 11.5. The molecule has 7 N–H and O–H groups in total. The van der Waals surface area contributed by atoms with Crippen molar-refractivity contribution in [3.8, 4) is 11.5 Å². The number of aliphatic hydroxyl groups is 2. The number of phenolic OH excluding ortho intramolecular Hbond substituents is 1. The minimum Gasteiger partial charge on any atom is -0.504 e. The first-order valence-electron chi connectivity index (χ1n) is 15.1. The third kappa shape index (κ3) is 7.35. The number of aromatic hydroxyl groups is 1. The molecule has 2 aromatic rings. The van der Waals surface area contributed by atoms with Crippen molar-refractivity contribution in [1.82, 2.24) is 5.32 Å². The number of carbonyl (C=O) groups excluding carboxylic acids is 1. The zero-order valence-corrected chi connectivity index (χ0v) is 24.3. The summed E-state index contributed by atoms with van der Waals surface area (Å²) in [5.74, 6) is 0.377. The number of nitrogens with zero attached hydrogens (tertiary/aromatic N) is 1. The van der Waals surface area contributed by atoms with Gasteiger partial charge in [0.25, 0.3) is 0 Å². The van der Waals surface area contributed by atoms with E-state index >= 15 is 0 Å². The van der Waals surface area contributed by atoms with Gasteiger partial charge in [0.1, 0.15) is 24.2 Å². The number of nitrogens with two attached hydrogens (primary N) is 1. The topological polar surface area (TPSA) is 142 Å². The second kappa shape index (κ2) is 13.8. The van der Waals surface area contributed by atoms with E-state index in [1.807, 2.05) is 13.1 Å². The van der Waals surface area contributed by atoms with E-state index in [0.717, 1.165) is 47.6 Å². The molecule has 4 atom stereocenters. The van der Waals surface area contributed by atoms with Gasteiger partial charge in [0, 0.05) is 32.0 Å². The molecule has 42 heavy (non-hydrogen) atoms. The number of hydrogen-bond acceptors (Lipinski definition) is 8. The van der Waals surface area contributed by atoms with Crippen LogP contribution in [0.3, 0.4) is 0 Å². The van der Waals surface area contributed by atoms with Gasteiger partial charge in [-0.3, -0.25) is 20.0 Å². The zero-order chi connectivity index (χ0) is 29.6. The van der Waals surface area contributed by atoms with Crippen molar-refractivity contribution >= 4 is 11.5 Å². The summed E-state index contributed by atoms with van der Waals surface area (Å²) in [6.45, 7) is 3.89. The second-order valence-electron chi connectivity index (χ2n) is 11.6. The number of Topliss-reactive ketones (excluding diaryl/α,β-unsaturated/α-hetero) is 1. The third-order valence-electron chi connectivity index (χ3n) is 8.30. The Morgan fingerprint density at radius 2 is 2.10 bits per heavy atom. The van der Waals surface area contributed by atoms with Gasteiger partial charge >= 0.3 is 0 Å². The second-order valence-corrected chi connectivity index (χ2v) is 11.6. The maximum absolute atomic E-state index is 12.4. The van der Waals surface area contributed by atoms with Crippen molar-refractivity contribution in [2.24, 2.45) is 10.7 Å². The Morgan fingerprint density at radius 3 is 2.93 bits per heavy atom. The standard InChI is InChI=1S/C33H42N4O5/c1-2-4-24(38)15-26(40)16-25(39)9-7-21-8-10-31(41)32(13-21)42-20-37-18-29-23(17-36-30(29)19-37)14-22-5-3-6-28-27(22)11-12-35-33(28)34/h3,5-6,8,10,13,17-18,24,26,33,35,38,40-41H,2,4,7,9,11-12,14-16,19-20,34H2,1H3/p+1. The van der Waals surface area contributed by atoms with Gasteiger partial charge < -0.3 is 25.8 Å². The van der Waals surface area contributed by atoms with Crippen LogP contribution < -0.4 is 20.7 Å². The molecule has 224 valence electrons. The van der Waals surface area contributed by atoms with E-state index in [1.54, 1.807) is 18.2 Å². The van der Waals surface area contributed by atoms with Gasteiger partial charge in [-0.25, -0.2) is 0 Å². The lowest BCUT2D eigenvalue weighted by Crippen LogP contribution is -3.07. The summed E-state index contributed by atoms with van der Waals surface area (Å²) in [4.78, 5) is 18.2. The van der Waals surface area contributed by atoms with E-state index < -0.39 is 12.2 Å². The van der Waals surface area contributed by atoms with E-state index in [-0.39, 0.29) is 37.0 Å². The number of rotatable bonds is 14. The highest BCUT2D eigenvalue weighted by Crippen LogP contribution is 2.30. The first kappa shape index (κ1) is 30.1. The van der Waals surface area contributed by atoms with Crippen molar-refractivity contribution in [1.29, 1.82) is 0 Å². The minimum absolute atomic E-state index is 0.0347. The molecule has 9 nitrogen and oxygen atoms in total. The molecule has 3 heterocycles. The number of aliphatic hydroxyl groups excluding tert-OH is 2. The summed E-state index contributed by atoms with van der Waals surface area (Å²) in [7, 11) is 0. The molecule has 4 unspecified atom stereocenters. The van der Waals surface area contributed by atoms with E-state index in [2.05, 4.69) is 34.7 Å². The summed E-state index contributed by atoms with van der Waals surface area (Å²) in [6.07, 6.45) is 6.83. The average molecular weight is 576 g/mol. The number of fused-ring (bicyclic) bond motifs is 2.